The standard InChI is InChI=1S/C24H23ClN2O4S/c25-19-8-4-18(5-9-19)15-27-23(29)21(32-24(27)30)14-17-6-10-20(11-7-17)31-16-22(28)26-12-2-1-3-13-26/h4-11,14H,1-3,12-13,15-16H2/b21-14-. The van der Waals surface area contributed by atoms with E-state index in [2.05, 4.69) is 0 Å². The van der Waals surface area contributed by atoms with Crippen molar-refractivity contribution in [3.63, 3.8) is 0 Å². The Morgan fingerprint density at radius 3 is 2.38 bits per heavy atom. The lowest BCUT2D eigenvalue weighted by Gasteiger charge is -2.26. The zero-order chi connectivity index (χ0) is 22.5. The van der Waals surface area contributed by atoms with Crippen LogP contribution in [-0.2, 0) is 16.1 Å². The number of carbonyl (C=O) groups excluding carboxylic acids is 3. The lowest BCUT2D eigenvalue weighted by atomic mass is 10.1. The van der Waals surface area contributed by atoms with Crippen LogP contribution < -0.4 is 4.74 Å². The van der Waals surface area contributed by atoms with Gasteiger partial charge in [-0.25, -0.2) is 0 Å². The average molecular weight is 471 g/mol. The highest BCUT2D eigenvalue weighted by Crippen LogP contribution is 2.33. The number of imide groups is 1. The topological polar surface area (TPSA) is 66.9 Å². The van der Waals surface area contributed by atoms with Crippen molar-refractivity contribution >= 4 is 46.5 Å². The molecule has 2 aliphatic rings. The third kappa shape index (κ3) is 5.53. The molecule has 2 fully saturated rings. The summed E-state index contributed by atoms with van der Waals surface area (Å²) >= 11 is 6.82. The Bertz CT molecular complexity index is 1030. The van der Waals surface area contributed by atoms with Crippen molar-refractivity contribution in [2.45, 2.75) is 25.8 Å². The Morgan fingerprint density at radius 1 is 1.00 bits per heavy atom. The molecule has 6 nitrogen and oxygen atoms in total. The minimum Gasteiger partial charge on any atom is -0.484 e. The molecule has 4 rings (SSSR count). The van der Waals surface area contributed by atoms with Crippen LogP contribution >= 0.6 is 23.4 Å². The molecule has 0 saturated carbocycles. The molecule has 0 aliphatic carbocycles. The fraction of sp³-hybridized carbons (Fsp3) is 0.292. The largest absolute Gasteiger partial charge is 0.484 e. The van der Waals surface area contributed by atoms with Crippen LogP contribution in [0.4, 0.5) is 4.79 Å². The van der Waals surface area contributed by atoms with Crippen molar-refractivity contribution in [3.8, 4) is 5.75 Å². The molecular weight excluding hydrogens is 448 g/mol. The number of likely N-dealkylation sites (tertiary alicyclic amines) is 1. The van der Waals surface area contributed by atoms with Gasteiger partial charge in [0.25, 0.3) is 17.1 Å². The summed E-state index contributed by atoms with van der Waals surface area (Å²) in [6, 6.07) is 14.2. The molecule has 2 aromatic rings. The molecule has 2 aliphatic heterocycles. The first-order valence-electron chi connectivity index (χ1n) is 10.5. The molecule has 0 spiro atoms. The molecular formula is C24H23ClN2O4S. The minimum absolute atomic E-state index is 0.00291. The van der Waals surface area contributed by atoms with Gasteiger partial charge in [0.15, 0.2) is 6.61 Å². The van der Waals surface area contributed by atoms with Gasteiger partial charge >= 0.3 is 0 Å². The molecule has 2 aromatic carbocycles. The second kappa shape index (κ2) is 10.2. The summed E-state index contributed by atoms with van der Waals surface area (Å²) in [5.74, 6) is 0.272. The van der Waals surface area contributed by atoms with Crippen molar-refractivity contribution in [2.75, 3.05) is 19.7 Å². The number of benzene rings is 2. The first-order valence-corrected chi connectivity index (χ1v) is 11.7. The number of thioether (sulfide) groups is 1. The summed E-state index contributed by atoms with van der Waals surface area (Å²) in [6.07, 6.45) is 4.96. The van der Waals surface area contributed by atoms with E-state index in [1.54, 1.807) is 54.6 Å². The molecule has 0 unspecified atom stereocenters. The zero-order valence-electron chi connectivity index (χ0n) is 17.5. The van der Waals surface area contributed by atoms with Gasteiger partial charge in [0, 0.05) is 18.1 Å². The molecule has 166 valence electrons. The van der Waals surface area contributed by atoms with Crippen LogP contribution in [0.1, 0.15) is 30.4 Å². The molecule has 2 saturated heterocycles. The Kier molecular flexibility index (Phi) is 7.17. The van der Waals surface area contributed by atoms with Crippen LogP contribution in [-0.4, -0.2) is 46.5 Å². The molecule has 32 heavy (non-hydrogen) atoms. The highest BCUT2D eigenvalue weighted by Gasteiger charge is 2.34. The van der Waals surface area contributed by atoms with E-state index in [0.717, 1.165) is 48.8 Å². The zero-order valence-corrected chi connectivity index (χ0v) is 19.0. The molecule has 0 N–H and O–H groups in total. The predicted molar refractivity (Wildman–Crippen MR) is 125 cm³/mol. The summed E-state index contributed by atoms with van der Waals surface area (Å²) < 4.78 is 5.62. The SMILES string of the molecule is O=C(COc1ccc(/C=C2\SC(=O)N(Cc3ccc(Cl)cc3)C2=O)cc1)N1CCCCC1. The van der Waals surface area contributed by atoms with Crippen LogP contribution in [0.2, 0.25) is 5.02 Å². The number of nitrogens with zero attached hydrogens (tertiary/aromatic N) is 2. The Balaban J connectivity index is 1.35. The van der Waals surface area contributed by atoms with Gasteiger partial charge in [-0.3, -0.25) is 19.3 Å². The van der Waals surface area contributed by atoms with Crippen molar-refractivity contribution in [2.24, 2.45) is 0 Å². The van der Waals surface area contributed by atoms with Gasteiger partial charge in [-0.05, 0) is 72.5 Å². The Hall–Kier alpha value is -2.77. The van der Waals surface area contributed by atoms with E-state index in [1.165, 1.54) is 11.3 Å². The van der Waals surface area contributed by atoms with Crippen LogP contribution in [0.25, 0.3) is 6.08 Å². The van der Waals surface area contributed by atoms with E-state index in [-0.39, 0.29) is 30.2 Å². The molecule has 0 bridgehead atoms. The molecule has 2 heterocycles. The van der Waals surface area contributed by atoms with Crippen LogP contribution in [0.15, 0.2) is 53.4 Å². The second-order valence-electron chi connectivity index (χ2n) is 7.69. The maximum atomic E-state index is 12.7. The minimum atomic E-state index is -0.317. The number of rotatable bonds is 6. The average Bonchev–Trinajstić information content (AvgIpc) is 3.07. The normalized spacial score (nSPS) is 17.8. The van der Waals surface area contributed by atoms with E-state index in [0.29, 0.717) is 15.7 Å². The van der Waals surface area contributed by atoms with E-state index >= 15 is 0 Å². The van der Waals surface area contributed by atoms with E-state index in [9.17, 15) is 14.4 Å². The lowest BCUT2D eigenvalue weighted by Crippen LogP contribution is -2.38. The molecule has 0 aromatic heterocycles. The van der Waals surface area contributed by atoms with Gasteiger partial charge in [-0.15, -0.1) is 0 Å². The van der Waals surface area contributed by atoms with Crippen LogP contribution in [0.5, 0.6) is 5.75 Å². The van der Waals surface area contributed by atoms with Crippen molar-refractivity contribution in [1.82, 2.24) is 9.80 Å². The number of carbonyl (C=O) groups is 3. The molecule has 0 radical (unpaired) electrons. The molecule has 8 heteroatoms. The lowest BCUT2D eigenvalue weighted by molar-refractivity contribution is -0.134. The number of amides is 3. The first-order chi connectivity index (χ1) is 15.5. The van der Waals surface area contributed by atoms with Crippen LogP contribution in [0.3, 0.4) is 0 Å². The summed E-state index contributed by atoms with van der Waals surface area (Å²) in [5.41, 5.74) is 1.61. The maximum Gasteiger partial charge on any atom is 0.293 e. The van der Waals surface area contributed by atoms with Crippen LogP contribution in [0, 0.1) is 0 Å². The number of ether oxygens (including phenoxy) is 1. The summed E-state index contributed by atoms with van der Waals surface area (Å²) in [6.45, 7) is 1.82. The third-order valence-corrected chi connectivity index (χ3v) is 6.54. The van der Waals surface area contributed by atoms with E-state index in [4.69, 9.17) is 16.3 Å². The van der Waals surface area contributed by atoms with E-state index in [1.807, 2.05) is 4.90 Å². The summed E-state index contributed by atoms with van der Waals surface area (Å²) in [4.78, 5) is 40.7. The van der Waals surface area contributed by atoms with Gasteiger partial charge in [0.05, 0.1) is 11.4 Å². The van der Waals surface area contributed by atoms with Gasteiger partial charge in [-0.1, -0.05) is 35.9 Å². The van der Waals surface area contributed by atoms with Crippen molar-refractivity contribution in [3.05, 3.63) is 69.6 Å². The second-order valence-corrected chi connectivity index (χ2v) is 9.12. The summed E-state index contributed by atoms with van der Waals surface area (Å²) in [5, 5.41) is 0.304. The monoisotopic (exact) mass is 470 g/mol. The summed E-state index contributed by atoms with van der Waals surface area (Å²) in [7, 11) is 0. The number of hydrogen-bond acceptors (Lipinski definition) is 5. The molecule has 0 atom stereocenters. The number of halogens is 1. The fourth-order valence-corrected chi connectivity index (χ4v) is 4.56. The number of hydrogen-bond donors (Lipinski definition) is 0. The molecule has 3 amide bonds. The first kappa shape index (κ1) is 22.4. The smallest absolute Gasteiger partial charge is 0.293 e. The Morgan fingerprint density at radius 2 is 1.69 bits per heavy atom. The third-order valence-electron chi connectivity index (χ3n) is 5.38. The highest BCUT2D eigenvalue weighted by atomic mass is 35.5. The highest BCUT2D eigenvalue weighted by molar-refractivity contribution is 8.18. The number of piperidine rings is 1. The Labute approximate surface area is 196 Å². The van der Waals surface area contributed by atoms with Crippen molar-refractivity contribution < 1.29 is 19.1 Å². The predicted octanol–water partition coefficient (Wildman–Crippen LogP) is 4.97. The van der Waals surface area contributed by atoms with Gasteiger partial charge in [-0.2, -0.15) is 0 Å². The van der Waals surface area contributed by atoms with Gasteiger partial charge in [0.2, 0.25) is 0 Å². The maximum absolute atomic E-state index is 12.7. The van der Waals surface area contributed by atoms with Gasteiger partial charge in [0.1, 0.15) is 5.75 Å². The van der Waals surface area contributed by atoms with Gasteiger partial charge < -0.3 is 9.64 Å². The van der Waals surface area contributed by atoms with E-state index < -0.39 is 0 Å². The van der Waals surface area contributed by atoms with Crippen molar-refractivity contribution in [1.29, 1.82) is 0 Å². The quantitative estimate of drug-likeness (QED) is 0.558. The fourth-order valence-electron chi connectivity index (χ4n) is 3.60.